The number of fused-ring (bicyclic) bond motifs is 2. The molecule has 1 unspecified atom stereocenters. The Labute approximate surface area is 148 Å². The van der Waals surface area contributed by atoms with Crippen LogP contribution >= 0.6 is 0 Å². The number of aliphatic hydroxyl groups is 2. The van der Waals surface area contributed by atoms with Gasteiger partial charge in [0.2, 0.25) is 18.4 Å². The van der Waals surface area contributed by atoms with E-state index in [0.717, 1.165) is 12.5 Å². The third kappa shape index (κ3) is 2.24. The van der Waals surface area contributed by atoms with Crippen LogP contribution in [0.1, 0.15) is 19.4 Å². The highest BCUT2D eigenvalue weighted by molar-refractivity contribution is 6.27. The molecule has 0 spiro atoms. The van der Waals surface area contributed by atoms with Gasteiger partial charge in [0.15, 0.2) is 17.1 Å². The van der Waals surface area contributed by atoms with Gasteiger partial charge >= 0.3 is 0 Å². The summed E-state index contributed by atoms with van der Waals surface area (Å²) in [5, 5.41) is 20.9. The van der Waals surface area contributed by atoms with E-state index in [4.69, 9.17) is 14.2 Å². The molecule has 2 aliphatic heterocycles. The Morgan fingerprint density at radius 3 is 2.62 bits per heavy atom. The zero-order valence-corrected chi connectivity index (χ0v) is 14.2. The van der Waals surface area contributed by atoms with E-state index in [1.165, 1.54) is 6.92 Å². The first-order valence-electron chi connectivity index (χ1n) is 8.00. The highest BCUT2D eigenvalue weighted by atomic mass is 16.7. The molecule has 1 aromatic carbocycles. The Hall–Kier alpha value is -3.06. The van der Waals surface area contributed by atoms with E-state index >= 15 is 0 Å². The summed E-state index contributed by atoms with van der Waals surface area (Å²) < 4.78 is 16.1. The van der Waals surface area contributed by atoms with Crippen molar-refractivity contribution in [3.63, 3.8) is 0 Å². The maximum Gasteiger partial charge on any atom is 0.231 e. The van der Waals surface area contributed by atoms with Crippen LogP contribution in [0.5, 0.6) is 11.5 Å². The SMILES string of the molecule is CC1=C2OC/C(=C/c3ccc4c(c3)OCO4)C(O)=C2C(=O)C(C)(O)C1=O. The number of aliphatic hydroxyl groups excluding tert-OH is 1. The summed E-state index contributed by atoms with van der Waals surface area (Å²) in [4.78, 5) is 24.7. The van der Waals surface area contributed by atoms with E-state index in [-0.39, 0.29) is 36.1 Å². The van der Waals surface area contributed by atoms with Crippen molar-refractivity contribution in [2.75, 3.05) is 13.4 Å². The van der Waals surface area contributed by atoms with Crippen LogP contribution in [-0.2, 0) is 14.3 Å². The number of rotatable bonds is 1. The number of Topliss-reactive ketones (excluding diaryl/α,β-unsaturated/α-hetero) is 2. The lowest BCUT2D eigenvalue weighted by molar-refractivity contribution is -0.145. The molecule has 2 heterocycles. The predicted molar refractivity (Wildman–Crippen MR) is 89.5 cm³/mol. The van der Waals surface area contributed by atoms with Gasteiger partial charge in [-0.2, -0.15) is 0 Å². The molecule has 0 radical (unpaired) electrons. The van der Waals surface area contributed by atoms with Crippen molar-refractivity contribution < 1.29 is 34.0 Å². The molecule has 1 atom stereocenters. The molecule has 0 amide bonds. The molecule has 0 bridgehead atoms. The minimum atomic E-state index is -2.22. The van der Waals surface area contributed by atoms with Crippen LogP contribution in [0.25, 0.3) is 6.08 Å². The first-order chi connectivity index (χ1) is 12.3. The van der Waals surface area contributed by atoms with E-state index in [1.807, 2.05) is 0 Å². The van der Waals surface area contributed by atoms with Crippen LogP contribution in [0, 0.1) is 0 Å². The van der Waals surface area contributed by atoms with Crippen molar-refractivity contribution in [2.24, 2.45) is 0 Å². The van der Waals surface area contributed by atoms with E-state index in [9.17, 15) is 19.8 Å². The van der Waals surface area contributed by atoms with Gasteiger partial charge in [-0.15, -0.1) is 0 Å². The van der Waals surface area contributed by atoms with Gasteiger partial charge in [-0.3, -0.25) is 9.59 Å². The van der Waals surface area contributed by atoms with Gasteiger partial charge in [0.05, 0.1) is 0 Å². The first kappa shape index (κ1) is 16.4. The maximum atomic E-state index is 12.5. The summed E-state index contributed by atoms with van der Waals surface area (Å²) >= 11 is 0. The number of allylic oxidation sites excluding steroid dienone is 1. The lowest BCUT2D eigenvalue weighted by atomic mass is 9.78. The molecule has 0 saturated heterocycles. The second-order valence-electron chi connectivity index (χ2n) is 6.48. The van der Waals surface area contributed by atoms with Crippen molar-refractivity contribution in [3.8, 4) is 11.5 Å². The van der Waals surface area contributed by atoms with Crippen molar-refractivity contribution >= 4 is 17.6 Å². The zero-order chi connectivity index (χ0) is 18.6. The minimum absolute atomic E-state index is 0.0147. The maximum absolute atomic E-state index is 12.5. The third-order valence-corrected chi connectivity index (χ3v) is 4.67. The molecule has 26 heavy (non-hydrogen) atoms. The number of hydrogen-bond donors (Lipinski definition) is 2. The lowest BCUT2D eigenvalue weighted by Crippen LogP contribution is -2.49. The summed E-state index contributed by atoms with van der Waals surface area (Å²) in [6.07, 6.45) is 1.65. The first-order valence-corrected chi connectivity index (χ1v) is 8.00. The average molecular weight is 356 g/mol. The van der Waals surface area contributed by atoms with Gasteiger partial charge in [0.25, 0.3) is 0 Å². The Bertz CT molecular complexity index is 947. The Balaban J connectivity index is 1.81. The molecule has 134 valence electrons. The molecular formula is C19H16O7. The molecule has 1 aromatic rings. The molecule has 7 heteroatoms. The lowest BCUT2D eigenvalue weighted by Gasteiger charge is -2.32. The molecule has 4 rings (SSSR count). The molecule has 3 aliphatic rings. The normalized spacial score (nSPS) is 26.3. The zero-order valence-electron chi connectivity index (χ0n) is 14.2. The number of carbonyl (C=O) groups excluding carboxylic acids is 2. The van der Waals surface area contributed by atoms with Gasteiger partial charge in [-0.1, -0.05) is 6.07 Å². The standard InChI is InChI=1S/C19H16O7/c1-9-16-14(18(22)19(2,23)17(9)21)15(20)11(7-24-16)5-10-3-4-12-13(6-10)26-8-25-12/h3-6,20,23H,7-8H2,1-2H3/b11-5-. The largest absolute Gasteiger partial charge is 0.507 e. The fourth-order valence-electron chi connectivity index (χ4n) is 3.19. The molecule has 0 aromatic heterocycles. The molecule has 0 saturated carbocycles. The van der Waals surface area contributed by atoms with Gasteiger partial charge < -0.3 is 24.4 Å². The highest BCUT2D eigenvalue weighted by Crippen LogP contribution is 2.39. The average Bonchev–Trinajstić information content (AvgIpc) is 3.08. The summed E-state index contributed by atoms with van der Waals surface area (Å²) in [6, 6.07) is 5.26. The fraction of sp³-hybridized carbons (Fsp3) is 0.263. The predicted octanol–water partition coefficient (Wildman–Crippen LogP) is 1.82. The minimum Gasteiger partial charge on any atom is -0.507 e. The van der Waals surface area contributed by atoms with Gasteiger partial charge in [0.1, 0.15) is 23.7 Å². The summed E-state index contributed by atoms with van der Waals surface area (Å²) in [5.41, 5.74) is -1.21. The second-order valence-corrected chi connectivity index (χ2v) is 6.48. The molecule has 1 aliphatic carbocycles. The van der Waals surface area contributed by atoms with E-state index in [1.54, 1.807) is 24.3 Å². The third-order valence-electron chi connectivity index (χ3n) is 4.67. The Morgan fingerprint density at radius 1 is 1.12 bits per heavy atom. The van der Waals surface area contributed by atoms with Crippen LogP contribution in [0.2, 0.25) is 0 Å². The molecular weight excluding hydrogens is 340 g/mol. The molecule has 0 fully saturated rings. The van der Waals surface area contributed by atoms with Crippen molar-refractivity contribution in [2.45, 2.75) is 19.4 Å². The van der Waals surface area contributed by atoms with Crippen molar-refractivity contribution in [1.29, 1.82) is 0 Å². The molecule has 2 N–H and O–H groups in total. The van der Waals surface area contributed by atoms with Crippen LogP contribution < -0.4 is 9.47 Å². The van der Waals surface area contributed by atoms with E-state index in [0.29, 0.717) is 17.1 Å². The number of hydrogen-bond acceptors (Lipinski definition) is 7. The topological polar surface area (TPSA) is 102 Å². The summed E-state index contributed by atoms with van der Waals surface area (Å²) in [5.74, 6) is -0.670. The number of benzene rings is 1. The van der Waals surface area contributed by atoms with Crippen LogP contribution in [-0.4, -0.2) is 40.8 Å². The smallest absolute Gasteiger partial charge is 0.231 e. The van der Waals surface area contributed by atoms with Crippen molar-refractivity contribution in [3.05, 3.63) is 52.0 Å². The number of carbonyl (C=O) groups is 2. The van der Waals surface area contributed by atoms with E-state index in [2.05, 4.69) is 0 Å². The van der Waals surface area contributed by atoms with Gasteiger partial charge in [0, 0.05) is 11.1 Å². The Morgan fingerprint density at radius 2 is 1.85 bits per heavy atom. The monoisotopic (exact) mass is 356 g/mol. The van der Waals surface area contributed by atoms with Gasteiger partial charge in [-0.05, 0) is 37.6 Å². The molecule has 7 nitrogen and oxygen atoms in total. The van der Waals surface area contributed by atoms with Gasteiger partial charge in [-0.25, -0.2) is 0 Å². The van der Waals surface area contributed by atoms with Crippen LogP contribution in [0.4, 0.5) is 0 Å². The van der Waals surface area contributed by atoms with Crippen LogP contribution in [0.3, 0.4) is 0 Å². The fourth-order valence-corrected chi connectivity index (χ4v) is 3.19. The number of ketones is 2. The highest BCUT2D eigenvalue weighted by Gasteiger charge is 2.50. The second kappa shape index (κ2) is 5.47. The van der Waals surface area contributed by atoms with E-state index < -0.39 is 17.2 Å². The summed E-state index contributed by atoms with van der Waals surface area (Å²) in [7, 11) is 0. The van der Waals surface area contributed by atoms with Crippen LogP contribution in [0.15, 0.2) is 46.4 Å². The quantitative estimate of drug-likeness (QED) is 0.740. The number of ether oxygens (including phenoxy) is 3. The summed E-state index contributed by atoms with van der Waals surface area (Å²) in [6.45, 7) is 2.71. The van der Waals surface area contributed by atoms with Crippen molar-refractivity contribution in [1.82, 2.24) is 0 Å². The Kier molecular flexibility index (Phi) is 3.45.